The zero-order valence-corrected chi connectivity index (χ0v) is 17.5. The van der Waals surface area contributed by atoms with Gasteiger partial charge in [0.05, 0.1) is 22.4 Å². The average molecular weight is 435 g/mol. The summed E-state index contributed by atoms with van der Waals surface area (Å²) in [7, 11) is 0. The molecular formula is C22H18N4O2S2. The number of aromatic amines is 1. The fourth-order valence-corrected chi connectivity index (χ4v) is 4.77. The fourth-order valence-electron chi connectivity index (χ4n) is 3.45. The van der Waals surface area contributed by atoms with Crippen LogP contribution in [0, 0.1) is 0 Å². The minimum Gasteiger partial charge on any atom is -0.489 e. The molecule has 0 fully saturated rings. The normalized spacial score (nSPS) is 15.5. The smallest absolute Gasteiger partial charge is 0.238 e. The number of fused-ring (bicyclic) bond motifs is 1. The van der Waals surface area contributed by atoms with Gasteiger partial charge in [-0.1, -0.05) is 60.3 Å². The Kier molecular flexibility index (Phi) is 5.25. The van der Waals surface area contributed by atoms with Crippen LogP contribution < -0.4 is 9.64 Å². The van der Waals surface area contributed by atoms with Gasteiger partial charge < -0.3 is 4.74 Å². The quantitative estimate of drug-likeness (QED) is 0.457. The second-order valence-electron chi connectivity index (χ2n) is 6.70. The molecule has 2 aromatic heterocycles. The van der Waals surface area contributed by atoms with Gasteiger partial charge >= 0.3 is 0 Å². The van der Waals surface area contributed by atoms with Crippen molar-refractivity contribution >= 4 is 34.7 Å². The lowest BCUT2D eigenvalue weighted by Gasteiger charge is -2.37. The number of thiophene rings is 1. The fraction of sp³-hybridized carbons (Fsp3) is 0.136. The summed E-state index contributed by atoms with van der Waals surface area (Å²) in [6, 6.07) is 21.4. The molecule has 2 aromatic carbocycles. The summed E-state index contributed by atoms with van der Waals surface area (Å²) in [5.74, 6) is 1.67. The van der Waals surface area contributed by atoms with E-state index in [1.54, 1.807) is 11.3 Å². The van der Waals surface area contributed by atoms with Crippen molar-refractivity contribution in [3.8, 4) is 16.5 Å². The van der Waals surface area contributed by atoms with Gasteiger partial charge in [-0.25, -0.2) is 4.98 Å². The summed E-state index contributed by atoms with van der Waals surface area (Å²) in [5.41, 5.74) is 1.83. The number of hydrogen-bond donors (Lipinski definition) is 1. The highest BCUT2D eigenvalue weighted by atomic mass is 32.2. The molecule has 150 valence electrons. The van der Waals surface area contributed by atoms with E-state index in [0.717, 1.165) is 27.7 Å². The lowest BCUT2D eigenvalue weighted by molar-refractivity contribution is -0.117. The van der Waals surface area contributed by atoms with E-state index in [4.69, 9.17) is 4.74 Å². The number of carbonyl (C=O) groups is 1. The molecule has 5 rings (SSSR count). The Balaban J connectivity index is 1.38. The SMILES string of the molecule is O=C(CSc1n[nH]c(-c2cccs2)n1)N1c2ccccc2OC[C@H]1c1ccccc1. The molecule has 0 unspecified atom stereocenters. The average Bonchev–Trinajstić information content (AvgIpc) is 3.49. The first-order valence-corrected chi connectivity index (χ1v) is 11.3. The van der Waals surface area contributed by atoms with Gasteiger partial charge in [0.15, 0.2) is 5.82 Å². The molecule has 0 saturated heterocycles. The summed E-state index contributed by atoms with van der Waals surface area (Å²) < 4.78 is 5.95. The van der Waals surface area contributed by atoms with Crippen LogP contribution in [0.3, 0.4) is 0 Å². The minimum atomic E-state index is -0.178. The number of benzene rings is 2. The standard InChI is InChI=1S/C22H18N4O2S2/c27-20(14-30-22-23-21(24-25-22)19-11-6-12-29-19)26-16-9-4-5-10-18(16)28-13-17(26)15-7-2-1-3-8-15/h1-12,17H,13-14H2,(H,23,24,25)/t17-/m0/s1. The van der Waals surface area contributed by atoms with Gasteiger partial charge in [-0.15, -0.1) is 16.4 Å². The third-order valence-corrected chi connectivity index (χ3v) is 6.54. The summed E-state index contributed by atoms with van der Waals surface area (Å²) in [6.07, 6.45) is 0. The van der Waals surface area contributed by atoms with Crippen LogP contribution in [0.1, 0.15) is 11.6 Å². The molecule has 1 aliphatic rings. The Morgan fingerprint density at radius 1 is 1.13 bits per heavy atom. The van der Waals surface area contributed by atoms with Gasteiger partial charge in [-0.3, -0.25) is 14.8 Å². The van der Waals surface area contributed by atoms with Crippen LogP contribution >= 0.6 is 23.1 Å². The van der Waals surface area contributed by atoms with Crippen LogP contribution in [0.5, 0.6) is 5.75 Å². The number of amides is 1. The first-order valence-electron chi connectivity index (χ1n) is 9.47. The Hall–Kier alpha value is -3.10. The number of nitrogens with one attached hydrogen (secondary N) is 1. The summed E-state index contributed by atoms with van der Waals surface area (Å²) in [5, 5.41) is 9.75. The molecule has 1 atom stereocenters. The zero-order valence-electron chi connectivity index (χ0n) is 15.9. The first-order chi connectivity index (χ1) is 14.8. The first kappa shape index (κ1) is 18.9. The van der Waals surface area contributed by atoms with E-state index < -0.39 is 0 Å². The second-order valence-corrected chi connectivity index (χ2v) is 8.59. The van der Waals surface area contributed by atoms with E-state index >= 15 is 0 Å². The molecular weight excluding hydrogens is 416 g/mol. The van der Waals surface area contributed by atoms with Gasteiger partial charge in [-0.05, 0) is 29.1 Å². The minimum absolute atomic E-state index is 0.00734. The molecule has 6 nitrogen and oxygen atoms in total. The van der Waals surface area contributed by atoms with Gasteiger partial charge in [0.25, 0.3) is 0 Å². The van der Waals surface area contributed by atoms with E-state index in [1.807, 2.05) is 77.0 Å². The number of carbonyl (C=O) groups excluding carboxylic acids is 1. The molecule has 3 heterocycles. The topological polar surface area (TPSA) is 71.1 Å². The molecule has 4 aromatic rings. The highest BCUT2D eigenvalue weighted by molar-refractivity contribution is 7.99. The summed E-state index contributed by atoms with van der Waals surface area (Å²) >= 11 is 2.93. The van der Waals surface area contributed by atoms with E-state index in [2.05, 4.69) is 15.2 Å². The van der Waals surface area contributed by atoms with Crippen molar-refractivity contribution in [3.05, 3.63) is 77.7 Å². The third kappa shape index (κ3) is 3.71. The molecule has 1 aliphatic heterocycles. The number of rotatable bonds is 5. The van der Waals surface area contributed by atoms with Gasteiger partial charge in [0.2, 0.25) is 11.1 Å². The molecule has 0 spiro atoms. The molecule has 0 aliphatic carbocycles. The molecule has 30 heavy (non-hydrogen) atoms. The van der Waals surface area contributed by atoms with Crippen molar-refractivity contribution in [2.75, 3.05) is 17.3 Å². The second kappa shape index (κ2) is 8.33. The van der Waals surface area contributed by atoms with Crippen LogP contribution in [0.25, 0.3) is 10.7 Å². The predicted molar refractivity (Wildman–Crippen MR) is 119 cm³/mol. The maximum atomic E-state index is 13.3. The maximum Gasteiger partial charge on any atom is 0.238 e. The summed E-state index contributed by atoms with van der Waals surface area (Å²) in [6.45, 7) is 0.417. The van der Waals surface area contributed by atoms with Gasteiger partial charge in [0.1, 0.15) is 12.4 Å². The van der Waals surface area contributed by atoms with Crippen molar-refractivity contribution in [1.29, 1.82) is 0 Å². The largest absolute Gasteiger partial charge is 0.489 e. The Bertz CT molecular complexity index is 1140. The van der Waals surface area contributed by atoms with Crippen molar-refractivity contribution < 1.29 is 9.53 Å². The number of hydrogen-bond acceptors (Lipinski definition) is 6. The Morgan fingerprint density at radius 3 is 2.80 bits per heavy atom. The third-order valence-electron chi connectivity index (χ3n) is 4.83. The number of ether oxygens (including phenoxy) is 1. The Morgan fingerprint density at radius 2 is 1.97 bits per heavy atom. The van der Waals surface area contributed by atoms with Crippen LogP contribution in [-0.4, -0.2) is 33.4 Å². The van der Waals surface area contributed by atoms with E-state index in [-0.39, 0.29) is 17.7 Å². The predicted octanol–water partition coefficient (Wildman–Crippen LogP) is 4.79. The van der Waals surface area contributed by atoms with Gasteiger partial charge in [0, 0.05) is 0 Å². The number of anilines is 1. The van der Waals surface area contributed by atoms with Crippen LogP contribution in [0.4, 0.5) is 5.69 Å². The van der Waals surface area contributed by atoms with Crippen molar-refractivity contribution in [3.63, 3.8) is 0 Å². The highest BCUT2D eigenvalue weighted by Crippen LogP contribution is 2.39. The van der Waals surface area contributed by atoms with Crippen LogP contribution in [-0.2, 0) is 4.79 Å². The number of nitrogens with zero attached hydrogens (tertiary/aromatic N) is 3. The van der Waals surface area contributed by atoms with E-state index in [9.17, 15) is 4.79 Å². The zero-order chi connectivity index (χ0) is 20.3. The summed E-state index contributed by atoms with van der Waals surface area (Å²) in [4.78, 5) is 20.7. The van der Waals surface area contributed by atoms with Crippen molar-refractivity contribution in [1.82, 2.24) is 15.2 Å². The van der Waals surface area contributed by atoms with Gasteiger partial charge in [-0.2, -0.15) is 0 Å². The van der Waals surface area contributed by atoms with E-state index in [0.29, 0.717) is 11.8 Å². The molecule has 0 bridgehead atoms. The molecule has 1 N–H and O–H groups in total. The number of H-pyrrole nitrogens is 1. The maximum absolute atomic E-state index is 13.3. The number of thioether (sulfide) groups is 1. The van der Waals surface area contributed by atoms with Crippen molar-refractivity contribution in [2.45, 2.75) is 11.2 Å². The van der Waals surface area contributed by atoms with Crippen LogP contribution in [0.15, 0.2) is 77.3 Å². The lowest BCUT2D eigenvalue weighted by Crippen LogP contribution is -2.42. The monoisotopic (exact) mass is 434 g/mol. The molecule has 1 amide bonds. The lowest BCUT2D eigenvalue weighted by atomic mass is 10.0. The molecule has 8 heteroatoms. The highest BCUT2D eigenvalue weighted by Gasteiger charge is 2.33. The number of para-hydroxylation sites is 2. The Labute approximate surface area is 181 Å². The van der Waals surface area contributed by atoms with E-state index in [1.165, 1.54) is 11.8 Å². The molecule has 0 saturated carbocycles. The number of aromatic nitrogens is 3. The molecule has 0 radical (unpaired) electrons. The van der Waals surface area contributed by atoms with Crippen LogP contribution in [0.2, 0.25) is 0 Å². The van der Waals surface area contributed by atoms with Crippen molar-refractivity contribution in [2.24, 2.45) is 0 Å².